The summed E-state index contributed by atoms with van der Waals surface area (Å²) < 4.78 is 31.3. The SMILES string of the molecule is CCOC(=O)c1cc2cc3c(cc2n([O-])c1=N)OCO3.CCOC(=O)c1cc2cc3c(cc2n([O-])c1=N)OCO3.[Cl][Sn+2][Cl]. The van der Waals surface area contributed by atoms with E-state index in [0.717, 1.165) is 0 Å². The maximum absolute atomic E-state index is 12.1. The van der Waals surface area contributed by atoms with Gasteiger partial charge in [0, 0.05) is 33.9 Å². The standard InChI is InChI=1S/2C13H11N2O5.2ClH.Sn/c2*1-2-18-13(16)8-3-7-4-10-11(20-6-19-10)5-9(7)15(17)12(8)14;;;/h2*3-5,14H,2,6H2,1H3;2*1H;/q2*-1;;;+4/p-2. The molecule has 6 rings (SSSR count). The van der Waals surface area contributed by atoms with Crippen molar-refractivity contribution >= 4 is 70.5 Å². The van der Waals surface area contributed by atoms with Gasteiger partial charge in [-0.1, -0.05) is 0 Å². The minimum atomic E-state index is -0.826. The minimum absolute atomic E-state index is 0.0757. The van der Waals surface area contributed by atoms with Crippen LogP contribution in [-0.2, 0) is 9.47 Å². The Morgan fingerprint density at radius 1 is 0.744 bits per heavy atom. The number of benzene rings is 2. The molecule has 2 aromatic heterocycles. The van der Waals surface area contributed by atoms with Crippen LogP contribution < -0.4 is 29.9 Å². The van der Waals surface area contributed by atoms with Gasteiger partial charge in [-0.2, -0.15) is 0 Å². The number of rotatable bonds is 4. The summed E-state index contributed by atoms with van der Waals surface area (Å²) in [5, 5.41) is 40.7. The normalized spacial score (nSPS) is 12.0. The predicted octanol–water partition coefficient (Wildman–Crippen LogP) is 3.74. The zero-order valence-electron chi connectivity index (χ0n) is 22.5. The van der Waals surface area contributed by atoms with E-state index in [9.17, 15) is 20.0 Å². The Bertz CT molecular complexity index is 1700. The van der Waals surface area contributed by atoms with E-state index in [0.29, 0.717) is 43.2 Å². The molecule has 0 spiro atoms. The molecule has 0 aliphatic carbocycles. The number of aromatic nitrogens is 2. The van der Waals surface area contributed by atoms with Crippen LogP contribution in [0.4, 0.5) is 0 Å². The van der Waals surface area contributed by atoms with Gasteiger partial charge >= 0.3 is 48.7 Å². The number of fused-ring (bicyclic) bond motifs is 4. The van der Waals surface area contributed by atoms with Crippen molar-refractivity contribution in [3.05, 3.63) is 68.9 Å². The van der Waals surface area contributed by atoms with Crippen LogP contribution in [0.5, 0.6) is 23.0 Å². The number of hydrogen-bond acceptors (Lipinski definition) is 12. The molecule has 43 heavy (non-hydrogen) atoms. The molecule has 0 radical (unpaired) electrons. The number of carbonyl (C=O) groups excluding carboxylic acids is 2. The van der Waals surface area contributed by atoms with Crippen molar-refractivity contribution in [3.8, 4) is 23.0 Å². The number of hydrogen-bond donors (Lipinski definition) is 2. The number of carbonyl (C=O) groups is 2. The fourth-order valence-electron chi connectivity index (χ4n) is 4.11. The van der Waals surface area contributed by atoms with Crippen LogP contribution >= 0.6 is 17.8 Å². The first-order valence-electron chi connectivity index (χ1n) is 12.4. The third kappa shape index (κ3) is 6.65. The zero-order valence-corrected chi connectivity index (χ0v) is 26.9. The van der Waals surface area contributed by atoms with Crippen LogP contribution in [0, 0.1) is 21.2 Å². The van der Waals surface area contributed by atoms with Crippen molar-refractivity contribution < 1.29 is 38.0 Å². The van der Waals surface area contributed by atoms with E-state index < -0.39 is 41.8 Å². The third-order valence-corrected chi connectivity index (χ3v) is 5.99. The summed E-state index contributed by atoms with van der Waals surface area (Å²) in [5.41, 5.74) is -0.564. The first-order chi connectivity index (χ1) is 20.6. The summed E-state index contributed by atoms with van der Waals surface area (Å²) >= 11 is -0.826. The first kappa shape index (κ1) is 31.9. The van der Waals surface area contributed by atoms with Crippen LogP contribution in [0.3, 0.4) is 0 Å². The molecule has 224 valence electrons. The number of nitrogens with zero attached hydrogens (tertiary/aromatic N) is 2. The molecule has 2 aliphatic rings. The summed E-state index contributed by atoms with van der Waals surface area (Å²) in [6.07, 6.45) is 0. The van der Waals surface area contributed by atoms with E-state index in [1.807, 2.05) is 0 Å². The Morgan fingerprint density at radius 2 is 1.07 bits per heavy atom. The Kier molecular flexibility index (Phi) is 10.4. The molecule has 0 saturated heterocycles. The number of ether oxygens (including phenoxy) is 6. The molecule has 2 aromatic carbocycles. The van der Waals surface area contributed by atoms with Crippen molar-refractivity contribution in [2.24, 2.45) is 0 Å². The maximum atomic E-state index is 12.1. The molecule has 14 nitrogen and oxygen atoms in total. The quantitative estimate of drug-likeness (QED) is 0.230. The number of nitrogens with one attached hydrogen (secondary N) is 2. The number of esters is 2. The molecule has 17 heteroatoms. The second-order valence-electron chi connectivity index (χ2n) is 8.44. The molecular formula is C26H22Cl2N4O10Sn. The van der Waals surface area contributed by atoms with Crippen molar-refractivity contribution in [2.75, 3.05) is 26.8 Å². The Hall–Kier alpha value is -4.02. The van der Waals surface area contributed by atoms with Crippen molar-refractivity contribution in [3.63, 3.8) is 0 Å². The summed E-state index contributed by atoms with van der Waals surface area (Å²) in [5.74, 6) is 0.522. The van der Waals surface area contributed by atoms with Gasteiger partial charge < -0.3 is 48.3 Å². The molecule has 2 aliphatic heterocycles. The summed E-state index contributed by atoms with van der Waals surface area (Å²) in [4.78, 5) is 23.5. The van der Waals surface area contributed by atoms with E-state index in [4.69, 9.17) is 57.1 Å². The van der Waals surface area contributed by atoms with E-state index in [-0.39, 0.29) is 49.0 Å². The molecule has 4 heterocycles. The molecule has 0 bridgehead atoms. The van der Waals surface area contributed by atoms with Crippen LogP contribution in [0.1, 0.15) is 34.6 Å². The van der Waals surface area contributed by atoms with Gasteiger partial charge in [-0.3, -0.25) is 10.8 Å². The molecule has 0 saturated carbocycles. The fraction of sp³-hybridized carbons (Fsp3) is 0.231. The summed E-state index contributed by atoms with van der Waals surface area (Å²) in [6, 6.07) is 9.11. The molecular weight excluding hydrogens is 718 g/mol. The van der Waals surface area contributed by atoms with Gasteiger partial charge in [0.1, 0.15) is 22.1 Å². The number of halogens is 2. The predicted molar refractivity (Wildman–Crippen MR) is 155 cm³/mol. The summed E-state index contributed by atoms with van der Waals surface area (Å²) in [7, 11) is 9.87. The van der Waals surface area contributed by atoms with Gasteiger partial charge in [0.2, 0.25) is 13.6 Å². The molecule has 2 N–H and O–H groups in total. The van der Waals surface area contributed by atoms with Crippen LogP contribution in [0.25, 0.3) is 21.8 Å². The molecule has 0 unspecified atom stereocenters. The third-order valence-electron chi connectivity index (χ3n) is 5.99. The Balaban J connectivity index is 0.000000181. The monoisotopic (exact) mass is 740 g/mol. The van der Waals surface area contributed by atoms with Gasteiger partial charge in [-0.15, -0.1) is 0 Å². The van der Waals surface area contributed by atoms with E-state index in [1.165, 1.54) is 24.3 Å². The van der Waals surface area contributed by atoms with Crippen LogP contribution in [-0.4, -0.2) is 67.1 Å². The second-order valence-corrected chi connectivity index (χ2v) is 12.7. The zero-order chi connectivity index (χ0) is 31.3. The average molecular weight is 740 g/mol. The second kappa shape index (κ2) is 14.0. The van der Waals surface area contributed by atoms with Gasteiger partial charge in [-0.05, 0) is 38.1 Å². The molecule has 0 fully saturated rings. The van der Waals surface area contributed by atoms with Gasteiger partial charge in [-0.25, -0.2) is 9.59 Å². The van der Waals surface area contributed by atoms with Gasteiger partial charge in [0.25, 0.3) is 0 Å². The Labute approximate surface area is 260 Å². The van der Waals surface area contributed by atoms with E-state index in [2.05, 4.69) is 0 Å². The summed E-state index contributed by atoms with van der Waals surface area (Å²) in [6.45, 7) is 3.84. The van der Waals surface area contributed by atoms with Crippen molar-refractivity contribution in [2.45, 2.75) is 13.8 Å². The topological polar surface area (TPSA) is 193 Å². The van der Waals surface area contributed by atoms with E-state index >= 15 is 0 Å². The van der Waals surface area contributed by atoms with Crippen LogP contribution in [0.2, 0.25) is 0 Å². The van der Waals surface area contributed by atoms with Gasteiger partial charge in [0.15, 0.2) is 23.0 Å². The van der Waals surface area contributed by atoms with Gasteiger partial charge in [0.05, 0.1) is 13.2 Å². The van der Waals surface area contributed by atoms with Crippen LogP contribution in [0.15, 0.2) is 36.4 Å². The average Bonchev–Trinajstić information content (AvgIpc) is 3.65. The molecule has 4 aromatic rings. The Morgan fingerprint density at radius 3 is 1.40 bits per heavy atom. The van der Waals surface area contributed by atoms with Crippen molar-refractivity contribution in [1.82, 2.24) is 9.46 Å². The molecule has 0 amide bonds. The number of pyridine rings is 2. The van der Waals surface area contributed by atoms with E-state index in [1.54, 1.807) is 26.0 Å². The van der Waals surface area contributed by atoms with Crippen molar-refractivity contribution in [1.29, 1.82) is 10.8 Å². The first-order valence-corrected chi connectivity index (χ1v) is 19.6. The fourth-order valence-corrected chi connectivity index (χ4v) is 4.11. The molecule has 0 atom stereocenters.